The Bertz CT molecular complexity index is 1140. The number of hydrogen-bond donors (Lipinski definition) is 0. The van der Waals surface area contributed by atoms with Crippen LogP contribution in [0.4, 0.5) is 10.3 Å². The molecule has 32 heavy (non-hydrogen) atoms. The van der Waals surface area contributed by atoms with E-state index in [9.17, 15) is 9.18 Å². The minimum Gasteiger partial charge on any atom is -0.347 e. The van der Waals surface area contributed by atoms with Gasteiger partial charge in [0, 0.05) is 32.4 Å². The summed E-state index contributed by atoms with van der Waals surface area (Å²) in [5.41, 5.74) is 5.70. The topological polar surface area (TPSA) is 49.3 Å². The van der Waals surface area contributed by atoms with Crippen molar-refractivity contribution in [2.45, 2.75) is 39.2 Å². The monoisotopic (exact) mass is 432 g/mol. The number of amides is 1. The fourth-order valence-corrected chi connectivity index (χ4v) is 4.27. The van der Waals surface area contributed by atoms with E-state index in [2.05, 4.69) is 31.0 Å². The molecule has 0 saturated carbocycles. The zero-order valence-corrected chi connectivity index (χ0v) is 19.1. The van der Waals surface area contributed by atoms with Gasteiger partial charge in [0.25, 0.3) is 0 Å². The van der Waals surface area contributed by atoms with Gasteiger partial charge in [-0.2, -0.15) is 0 Å². The van der Waals surface area contributed by atoms with Crippen LogP contribution >= 0.6 is 0 Å². The van der Waals surface area contributed by atoms with Gasteiger partial charge in [0.1, 0.15) is 5.82 Å². The Balaban J connectivity index is 1.69. The first kappa shape index (κ1) is 21.9. The molecular formula is C26H29FN4O. The van der Waals surface area contributed by atoms with Gasteiger partial charge in [-0.3, -0.25) is 4.79 Å². The number of carbonyl (C=O) groups excluding carboxylic acids is 1. The molecule has 0 radical (unpaired) electrons. The number of rotatable bonds is 5. The quantitative estimate of drug-likeness (QED) is 0.577. The van der Waals surface area contributed by atoms with Gasteiger partial charge in [0.15, 0.2) is 0 Å². The van der Waals surface area contributed by atoms with Crippen molar-refractivity contribution in [3.05, 3.63) is 76.9 Å². The van der Waals surface area contributed by atoms with Gasteiger partial charge in [0.05, 0.1) is 18.2 Å². The largest absolute Gasteiger partial charge is 0.347 e. The zero-order valence-electron chi connectivity index (χ0n) is 19.1. The molecule has 1 saturated heterocycles. The highest BCUT2D eigenvalue weighted by molar-refractivity contribution is 5.80. The number of hydrogen-bond acceptors (Lipinski definition) is 4. The Morgan fingerprint density at radius 1 is 1.16 bits per heavy atom. The lowest BCUT2D eigenvalue weighted by Gasteiger charge is -2.27. The number of aromatic nitrogens is 2. The molecule has 1 aromatic heterocycles. The van der Waals surface area contributed by atoms with Crippen molar-refractivity contribution >= 4 is 11.9 Å². The summed E-state index contributed by atoms with van der Waals surface area (Å²) in [5.74, 6) is 0.360. The smallest absolute Gasteiger partial charge is 0.227 e. The fourth-order valence-electron chi connectivity index (χ4n) is 4.27. The fraction of sp³-hybridized carbons (Fsp3) is 0.346. The predicted octanol–water partition coefficient (Wildman–Crippen LogP) is 4.87. The van der Waals surface area contributed by atoms with Crippen LogP contribution in [0, 0.1) is 19.7 Å². The summed E-state index contributed by atoms with van der Waals surface area (Å²) >= 11 is 0. The average Bonchev–Trinajstić information content (AvgIpc) is 3.26. The van der Waals surface area contributed by atoms with Crippen LogP contribution < -0.4 is 4.90 Å². The lowest BCUT2D eigenvalue weighted by atomic mass is 9.99. The maximum Gasteiger partial charge on any atom is 0.227 e. The van der Waals surface area contributed by atoms with Crippen molar-refractivity contribution in [2.24, 2.45) is 0 Å². The van der Waals surface area contributed by atoms with E-state index in [-0.39, 0.29) is 17.8 Å². The molecule has 5 nitrogen and oxygen atoms in total. The normalized spacial score (nSPS) is 15.8. The molecule has 2 aromatic carbocycles. The van der Waals surface area contributed by atoms with E-state index in [1.807, 2.05) is 36.0 Å². The molecule has 4 rings (SSSR count). The third kappa shape index (κ3) is 4.49. The van der Waals surface area contributed by atoms with E-state index in [1.54, 1.807) is 12.3 Å². The first-order valence-electron chi connectivity index (χ1n) is 11.0. The molecule has 2 heterocycles. The Hall–Kier alpha value is -3.28. The number of likely N-dealkylation sites (tertiary alicyclic amines) is 1. The van der Waals surface area contributed by atoms with Crippen molar-refractivity contribution < 1.29 is 9.18 Å². The van der Waals surface area contributed by atoms with Crippen LogP contribution in [0.15, 0.2) is 48.7 Å². The molecule has 1 amide bonds. The van der Waals surface area contributed by atoms with E-state index < -0.39 is 0 Å². The Morgan fingerprint density at radius 2 is 1.97 bits per heavy atom. The highest BCUT2D eigenvalue weighted by atomic mass is 19.1. The molecule has 1 fully saturated rings. The number of halogens is 1. The van der Waals surface area contributed by atoms with E-state index in [1.165, 1.54) is 23.3 Å². The van der Waals surface area contributed by atoms with Gasteiger partial charge < -0.3 is 9.80 Å². The molecule has 1 aliphatic heterocycles. The highest BCUT2D eigenvalue weighted by Gasteiger charge is 2.33. The molecule has 0 aliphatic carbocycles. The SMILES string of the molecule is Cc1ccc(CC(=O)N2CCCC2c2nc(N(C)C)ncc2-c2cccc(F)c2)cc1C. The van der Waals surface area contributed by atoms with Crippen molar-refractivity contribution in [1.29, 1.82) is 0 Å². The summed E-state index contributed by atoms with van der Waals surface area (Å²) in [6.07, 6.45) is 3.84. The first-order chi connectivity index (χ1) is 15.3. The van der Waals surface area contributed by atoms with Crippen LogP contribution in [0.3, 0.4) is 0 Å². The summed E-state index contributed by atoms with van der Waals surface area (Å²) in [4.78, 5) is 26.4. The molecule has 0 spiro atoms. The Labute approximate surface area is 188 Å². The van der Waals surface area contributed by atoms with Crippen molar-refractivity contribution in [2.75, 3.05) is 25.5 Å². The number of anilines is 1. The highest BCUT2D eigenvalue weighted by Crippen LogP contribution is 2.37. The molecular weight excluding hydrogens is 403 g/mol. The van der Waals surface area contributed by atoms with Crippen LogP contribution in [0.1, 0.15) is 41.3 Å². The summed E-state index contributed by atoms with van der Waals surface area (Å²) in [5, 5.41) is 0. The Morgan fingerprint density at radius 3 is 2.69 bits per heavy atom. The van der Waals surface area contributed by atoms with E-state index in [0.717, 1.165) is 35.2 Å². The van der Waals surface area contributed by atoms with Crippen molar-refractivity contribution in [3.8, 4) is 11.1 Å². The molecule has 3 aromatic rings. The van der Waals surface area contributed by atoms with Gasteiger partial charge in [-0.25, -0.2) is 14.4 Å². The average molecular weight is 433 g/mol. The zero-order chi connectivity index (χ0) is 22.8. The molecule has 0 N–H and O–H groups in total. The third-order valence-electron chi connectivity index (χ3n) is 6.16. The van der Waals surface area contributed by atoms with Crippen LogP contribution in [-0.4, -0.2) is 41.4 Å². The summed E-state index contributed by atoms with van der Waals surface area (Å²) < 4.78 is 14.0. The molecule has 0 bridgehead atoms. The summed E-state index contributed by atoms with van der Waals surface area (Å²) in [6, 6.07) is 12.5. The summed E-state index contributed by atoms with van der Waals surface area (Å²) in [6.45, 7) is 4.83. The predicted molar refractivity (Wildman–Crippen MR) is 125 cm³/mol. The number of nitrogens with zero attached hydrogens (tertiary/aromatic N) is 4. The minimum absolute atomic E-state index is 0.0889. The van der Waals surface area contributed by atoms with Crippen molar-refractivity contribution in [3.63, 3.8) is 0 Å². The van der Waals surface area contributed by atoms with Crippen LogP contribution in [0.25, 0.3) is 11.1 Å². The maximum atomic E-state index is 14.0. The van der Waals surface area contributed by atoms with Crippen LogP contribution in [-0.2, 0) is 11.2 Å². The van der Waals surface area contributed by atoms with Gasteiger partial charge in [-0.05, 0) is 61.1 Å². The molecule has 1 unspecified atom stereocenters. The number of aryl methyl sites for hydroxylation is 2. The summed E-state index contributed by atoms with van der Waals surface area (Å²) in [7, 11) is 3.77. The maximum absolute atomic E-state index is 14.0. The van der Waals surface area contributed by atoms with E-state index >= 15 is 0 Å². The first-order valence-corrected chi connectivity index (χ1v) is 11.0. The number of benzene rings is 2. The Kier molecular flexibility index (Phi) is 6.21. The standard InChI is InChI=1S/C26H29FN4O/c1-17-10-11-19(13-18(17)2)14-24(32)31-12-6-9-23(31)25-22(16-28-26(29-25)30(3)4)20-7-5-8-21(27)15-20/h5,7-8,10-11,13,15-16,23H,6,9,12,14H2,1-4H3. The molecule has 166 valence electrons. The number of carbonyl (C=O) groups is 1. The lowest BCUT2D eigenvalue weighted by Crippen LogP contribution is -2.33. The molecule has 1 aliphatic rings. The van der Waals surface area contributed by atoms with E-state index in [0.29, 0.717) is 18.9 Å². The van der Waals surface area contributed by atoms with Crippen LogP contribution in [0.2, 0.25) is 0 Å². The second-order valence-electron chi connectivity index (χ2n) is 8.71. The minimum atomic E-state index is -0.306. The van der Waals surface area contributed by atoms with Crippen molar-refractivity contribution in [1.82, 2.24) is 14.9 Å². The second-order valence-corrected chi connectivity index (χ2v) is 8.71. The lowest BCUT2D eigenvalue weighted by molar-refractivity contribution is -0.131. The van der Waals surface area contributed by atoms with Gasteiger partial charge in [0.2, 0.25) is 11.9 Å². The molecule has 6 heteroatoms. The third-order valence-corrected chi connectivity index (χ3v) is 6.16. The molecule has 1 atom stereocenters. The van der Waals surface area contributed by atoms with Gasteiger partial charge >= 0.3 is 0 Å². The van der Waals surface area contributed by atoms with E-state index in [4.69, 9.17) is 4.98 Å². The van der Waals surface area contributed by atoms with Gasteiger partial charge in [-0.15, -0.1) is 0 Å². The van der Waals surface area contributed by atoms with Gasteiger partial charge in [-0.1, -0.05) is 30.3 Å². The second kappa shape index (κ2) is 9.07. The van der Waals surface area contributed by atoms with Crippen LogP contribution in [0.5, 0.6) is 0 Å².